The predicted octanol–water partition coefficient (Wildman–Crippen LogP) is 2.23. The third kappa shape index (κ3) is 1.13. The molecule has 1 aromatic carbocycles. The Kier molecular flexibility index (Phi) is 1.71. The zero-order chi connectivity index (χ0) is 10.3. The first kappa shape index (κ1) is 8.95. The second-order valence-corrected chi connectivity index (χ2v) is 3.48. The molecule has 0 bridgehead atoms. The van der Waals surface area contributed by atoms with E-state index in [1.165, 1.54) is 0 Å². The Hall–Kier alpha value is -1.63. The van der Waals surface area contributed by atoms with Crippen molar-refractivity contribution in [3.05, 3.63) is 29.3 Å². The third-order valence-corrected chi connectivity index (χ3v) is 2.51. The Morgan fingerprint density at radius 3 is 2.50 bits per heavy atom. The van der Waals surface area contributed by atoms with Crippen molar-refractivity contribution in [2.75, 3.05) is 0 Å². The van der Waals surface area contributed by atoms with Crippen molar-refractivity contribution >= 4 is 0 Å². The summed E-state index contributed by atoms with van der Waals surface area (Å²) in [6.45, 7) is 0. The fourth-order valence-corrected chi connectivity index (χ4v) is 1.50. The van der Waals surface area contributed by atoms with Gasteiger partial charge < -0.3 is 5.11 Å². The van der Waals surface area contributed by atoms with Crippen LogP contribution in [0.15, 0.2) is 12.1 Å². The van der Waals surface area contributed by atoms with E-state index < -0.39 is 22.8 Å². The van der Waals surface area contributed by atoms with Gasteiger partial charge in [-0.15, -0.1) is 0 Å². The number of rotatable bonds is 1. The molecule has 14 heavy (non-hydrogen) atoms. The molecular weight excluding hydrogens is 188 g/mol. The number of hydrogen-bond donors (Lipinski definition) is 1. The van der Waals surface area contributed by atoms with Crippen molar-refractivity contribution in [1.82, 2.24) is 0 Å². The molecule has 1 aliphatic carbocycles. The highest BCUT2D eigenvalue weighted by molar-refractivity contribution is 5.48. The Labute approximate surface area is 79.4 Å². The van der Waals surface area contributed by atoms with Gasteiger partial charge in [-0.05, 0) is 18.9 Å². The predicted molar refractivity (Wildman–Crippen MR) is 44.5 cm³/mol. The Balaban J connectivity index is 2.59. The number of nitrogens with zero attached hydrogens (tertiary/aromatic N) is 1. The van der Waals surface area contributed by atoms with Crippen LogP contribution in [0.2, 0.25) is 0 Å². The third-order valence-electron chi connectivity index (χ3n) is 2.51. The maximum Gasteiger partial charge on any atom is 0.168 e. The van der Waals surface area contributed by atoms with E-state index in [9.17, 15) is 13.9 Å². The van der Waals surface area contributed by atoms with Crippen molar-refractivity contribution in [1.29, 1.82) is 5.26 Å². The minimum Gasteiger partial charge on any atom is -0.505 e. The quantitative estimate of drug-likeness (QED) is 0.746. The maximum atomic E-state index is 12.9. The number of phenolic OH excluding ortho intramolecular Hbond substituents is 1. The Morgan fingerprint density at radius 1 is 1.36 bits per heavy atom. The average molecular weight is 195 g/mol. The number of aromatic hydroxyl groups is 1. The van der Waals surface area contributed by atoms with Crippen molar-refractivity contribution in [2.24, 2.45) is 0 Å². The second-order valence-electron chi connectivity index (χ2n) is 3.48. The van der Waals surface area contributed by atoms with E-state index in [0.717, 1.165) is 6.07 Å². The molecule has 0 amide bonds. The minimum absolute atomic E-state index is 0.0671. The van der Waals surface area contributed by atoms with Gasteiger partial charge in [-0.25, -0.2) is 8.78 Å². The summed E-state index contributed by atoms with van der Waals surface area (Å²) in [5.41, 5.74) is -0.801. The van der Waals surface area contributed by atoms with Crippen LogP contribution in [0.3, 0.4) is 0 Å². The van der Waals surface area contributed by atoms with Crippen LogP contribution in [-0.2, 0) is 5.41 Å². The van der Waals surface area contributed by atoms with Gasteiger partial charge in [0.1, 0.15) is 5.82 Å². The molecule has 1 fully saturated rings. The van der Waals surface area contributed by atoms with Gasteiger partial charge in [0.15, 0.2) is 11.6 Å². The van der Waals surface area contributed by atoms with Crippen molar-refractivity contribution in [3.63, 3.8) is 0 Å². The van der Waals surface area contributed by atoms with Crippen LogP contribution in [0.25, 0.3) is 0 Å². The van der Waals surface area contributed by atoms with Crippen molar-refractivity contribution in [2.45, 2.75) is 18.3 Å². The minimum atomic E-state index is -1.01. The van der Waals surface area contributed by atoms with E-state index in [4.69, 9.17) is 5.26 Å². The van der Waals surface area contributed by atoms with Crippen LogP contribution in [0.5, 0.6) is 5.75 Å². The second kappa shape index (κ2) is 2.68. The summed E-state index contributed by atoms with van der Waals surface area (Å²) >= 11 is 0. The fraction of sp³-hybridized carbons (Fsp3) is 0.300. The van der Waals surface area contributed by atoms with E-state index in [2.05, 4.69) is 0 Å². The molecular formula is C10H7F2NO. The molecule has 0 saturated heterocycles. The van der Waals surface area contributed by atoms with Crippen molar-refractivity contribution in [3.8, 4) is 11.8 Å². The lowest BCUT2D eigenvalue weighted by molar-refractivity contribution is 0.418. The Morgan fingerprint density at radius 2 is 2.00 bits per heavy atom. The molecule has 1 saturated carbocycles. The molecule has 0 spiro atoms. The average Bonchev–Trinajstić information content (AvgIpc) is 2.92. The zero-order valence-corrected chi connectivity index (χ0v) is 7.22. The molecule has 2 nitrogen and oxygen atoms in total. The molecule has 0 atom stereocenters. The van der Waals surface area contributed by atoms with E-state index in [1.807, 2.05) is 6.07 Å². The summed E-state index contributed by atoms with van der Waals surface area (Å²) in [4.78, 5) is 0. The lowest BCUT2D eigenvalue weighted by Gasteiger charge is -2.09. The molecule has 1 aliphatic rings. The van der Waals surface area contributed by atoms with Crippen LogP contribution in [0.4, 0.5) is 8.78 Å². The number of hydrogen-bond acceptors (Lipinski definition) is 2. The smallest absolute Gasteiger partial charge is 0.168 e. The van der Waals surface area contributed by atoms with E-state index in [-0.39, 0.29) is 5.56 Å². The van der Waals surface area contributed by atoms with Crippen LogP contribution < -0.4 is 0 Å². The van der Waals surface area contributed by atoms with Crippen LogP contribution in [0.1, 0.15) is 18.4 Å². The van der Waals surface area contributed by atoms with Crippen LogP contribution in [0, 0.1) is 23.0 Å². The zero-order valence-electron chi connectivity index (χ0n) is 7.22. The van der Waals surface area contributed by atoms with Gasteiger partial charge in [-0.1, -0.05) is 0 Å². The van der Waals surface area contributed by atoms with Gasteiger partial charge in [0.2, 0.25) is 0 Å². The number of phenols is 1. The molecule has 72 valence electrons. The highest BCUT2D eigenvalue weighted by Gasteiger charge is 2.47. The van der Waals surface area contributed by atoms with Crippen LogP contribution >= 0.6 is 0 Å². The summed E-state index contributed by atoms with van der Waals surface area (Å²) in [6, 6.07) is 3.60. The lowest BCUT2D eigenvalue weighted by atomic mass is 9.96. The van der Waals surface area contributed by atoms with Crippen molar-refractivity contribution < 1.29 is 13.9 Å². The summed E-state index contributed by atoms with van der Waals surface area (Å²) < 4.78 is 25.8. The lowest BCUT2D eigenvalue weighted by Crippen LogP contribution is -2.04. The molecule has 0 radical (unpaired) electrons. The number of nitriles is 1. The SMILES string of the molecule is N#CC1(c2cc(F)cc(F)c2O)CC1. The highest BCUT2D eigenvalue weighted by atomic mass is 19.1. The molecule has 4 heteroatoms. The first-order valence-electron chi connectivity index (χ1n) is 4.19. The topological polar surface area (TPSA) is 44.0 Å². The van der Waals surface area contributed by atoms with Gasteiger partial charge in [0.05, 0.1) is 11.5 Å². The first-order valence-corrected chi connectivity index (χ1v) is 4.19. The summed E-state index contributed by atoms with van der Waals surface area (Å²) in [5, 5.41) is 18.1. The fourth-order valence-electron chi connectivity index (χ4n) is 1.50. The van der Waals surface area contributed by atoms with Crippen LogP contribution in [-0.4, -0.2) is 5.11 Å². The van der Waals surface area contributed by atoms with E-state index in [1.54, 1.807) is 0 Å². The molecule has 0 aromatic heterocycles. The van der Waals surface area contributed by atoms with E-state index >= 15 is 0 Å². The molecule has 0 aliphatic heterocycles. The van der Waals surface area contributed by atoms with Gasteiger partial charge in [-0.3, -0.25) is 0 Å². The monoisotopic (exact) mass is 195 g/mol. The van der Waals surface area contributed by atoms with Gasteiger partial charge in [-0.2, -0.15) is 5.26 Å². The van der Waals surface area contributed by atoms with Gasteiger partial charge >= 0.3 is 0 Å². The highest BCUT2D eigenvalue weighted by Crippen LogP contribution is 2.51. The van der Waals surface area contributed by atoms with Gasteiger partial charge in [0, 0.05) is 11.6 Å². The largest absolute Gasteiger partial charge is 0.505 e. The van der Waals surface area contributed by atoms with Gasteiger partial charge in [0.25, 0.3) is 0 Å². The van der Waals surface area contributed by atoms with E-state index in [0.29, 0.717) is 18.9 Å². The number of halogens is 2. The number of benzene rings is 1. The summed E-state index contributed by atoms with van der Waals surface area (Å²) in [6.07, 6.45) is 1.08. The Bertz CT molecular complexity index is 432. The molecule has 2 rings (SSSR count). The first-order chi connectivity index (χ1) is 6.59. The maximum absolute atomic E-state index is 12.9. The summed E-state index contributed by atoms with van der Waals surface area (Å²) in [7, 11) is 0. The molecule has 1 N–H and O–H groups in total. The molecule has 0 unspecified atom stereocenters. The molecule has 0 heterocycles. The standard InChI is InChI=1S/C10H7F2NO/c11-6-3-7(9(14)8(12)4-6)10(5-13)1-2-10/h3-4,14H,1-2H2. The molecule has 1 aromatic rings. The normalized spacial score (nSPS) is 17.5. The summed E-state index contributed by atoms with van der Waals surface area (Å²) in [5.74, 6) is -2.39.